The Morgan fingerprint density at radius 3 is 3.12 bits per heavy atom. The highest BCUT2D eigenvalue weighted by Gasteiger charge is 2.17. The molecule has 7 heteroatoms. The lowest BCUT2D eigenvalue weighted by atomic mass is 10.4. The van der Waals surface area contributed by atoms with Crippen molar-refractivity contribution in [1.29, 1.82) is 0 Å². The van der Waals surface area contributed by atoms with Gasteiger partial charge >= 0.3 is 5.69 Å². The predicted octanol–water partition coefficient (Wildman–Crippen LogP) is -1.33. The zero-order valence-electron chi connectivity index (χ0n) is 9.90. The van der Waals surface area contributed by atoms with Crippen molar-refractivity contribution in [1.82, 2.24) is 25.0 Å². The van der Waals surface area contributed by atoms with Crippen LogP contribution in [0.15, 0.2) is 4.79 Å². The van der Waals surface area contributed by atoms with E-state index in [4.69, 9.17) is 0 Å². The molecule has 7 nitrogen and oxygen atoms in total. The lowest BCUT2D eigenvalue weighted by Crippen LogP contribution is -2.36. The van der Waals surface area contributed by atoms with Crippen molar-refractivity contribution in [3.05, 3.63) is 16.3 Å². The standard InChI is InChI=1S/C10H17N5O2/c1-2-3-12-9(16)7-15-10(17)14-5-4-11-6-8(14)13-15/h11H,2-7H2,1H3,(H,12,16). The van der Waals surface area contributed by atoms with Crippen LogP contribution in [0.5, 0.6) is 0 Å². The fraction of sp³-hybridized carbons (Fsp3) is 0.700. The summed E-state index contributed by atoms with van der Waals surface area (Å²) in [7, 11) is 0. The Balaban J connectivity index is 2.09. The van der Waals surface area contributed by atoms with E-state index in [1.165, 1.54) is 4.68 Å². The average molecular weight is 239 g/mol. The Kier molecular flexibility index (Phi) is 3.58. The van der Waals surface area contributed by atoms with Crippen molar-refractivity contribution in [2.45, 2.75) is 33.0 Å². The van der Waals surface area contributed by atoms with Gasteiger partial charge in [0.25, 0.3) is 0 Å². The number of carbonyl (C=O) groups excluding carboxylic acids is 1. The molecule has 2 N–H and O–H groups in total. The van der Waals surface area contributed by atoms with Crippen LogP contribution in [-0.2, 0) is 24.4 Å². The first kappa shape index (κ1) is 11.8. The third kappa shape index (κ3) is 2.55. The van der Waals surface area contributed by atoms with E-state index in [0.717, 1.165) is 13.0 Å². The molecule has 0 atom stereocenters. The van der Waals surface area contributed by atoms with Gasteiger partial charge in [0.15, 0.2) is 0 Å². The highest BCUT2D eigenvalue weighted by atomic mass is 16.2. The van der Waals surface area contributed by atoms with Crippen LogP contribution in [-0.4, -0.2) is 33.3 Å². The normalized spacial score (nSPS) is 14.4. The van der Waals surface area contributed by atoms with Crippen LogP contribution in [0.25, 0.3) is 0 Å². The maximum absolute atomic E-state index is 11.9. The second-order valence-corrected chi connectivity index (χ2v) is 4.03. The Morgan fingerprint density at radius 2 is 2.41 bits per heavy atom. The summed E-state index contributed by atoms with van der Waals surface area (Å²) in [4.78, 5) is 23.4. The number of hydrogen-bond acceptors (Lipinski definition) is 4. The van der Waals surface area contributed by atoms with Crippen LogP contribution in [0.1, 0.15) is 19.2 Å². The number of aromatic nitrogens is 3. The first-order valence-electron chi connectivity index (χ1n) is 5.86. The van der Waals surface area contributed by atoms with Gasteiger partial charge in [-0.15, -0.1) is 0 Å². The molecule has 94 valence electrons. The van der Waals surface area contributed by atoms with E-state index in [0.29, 0.717) is 25.5 Å². The molecule has 1 aromatic rings. The van der Waals surface area contributed by atoms with Crippen LogP contribution in [0.3, 0.4) is 0 Å². The fourth-order valence-corrected chi connectivity index (χ4v) is 1.79. The maximum Gasteiger partial charge on any atom is 0.346 e. The first-order chi connectivity index (χ1) is 8.22. The van der Waals surface area contributed by atoms with Crippen LogP contribution in [0.2, 0.25) is 0 Å². The van der Waals surface area contributed by atoms with Crippen molar-refractivity contribution >= 4 is 5.91 Å². The molecule has 0 saturated carbocycles. The van der Waals surface area contributed by atoms with Crippen LogP contribution >= 0.6 is 0 Å². The molecule has 1 aromatic heterocycles. The molecule has 0 bridgehead atoms. The molecule has 2 rings (SSSR count). The largest absolute Gasteiger partial charge is 0.355 e. The molecule has 0 spiro atoms. The molecule has 0 aromatic carbocycles. The summed E-state index contributed by atoms with van der Waals surface area (Å²) in [6, 6.07) is 0. The van der Waals surface area contributed by atoms with E-state index in [1.54, 1.807) is 4.57 Å². The molecular formula is C10H17N5O2. The molecule has 0 saturated heterocycles. The minimum atomic E-state index is -0.201. The summed E-state index contributed by atoms with van der Waals surface area (Å²) >= 11 is 0. The van der Waals surface area contributed by atoms with Gasteiger partial charge in [0, 0.05) is 19.6 Å². The molecule has 1 aliphatic heterocycles. The lowest BCUT2D eigenvalue weighted by molar-refractivity contribution is -0.121. The topological polar surface area (TPSA) is 81.0 Å². The highest BCUT2D eigenvalue weighted by Crippen LogP contribution is 1.97. The first-order valence-corrected chi connectivity index (χ1v) is 5.86. The monoisotopic (exact) mass is 239 g/mol. The van der Waals surface area contributed by atoms with E-state index in [2.05, 4.69) is 15.7 Å². The molecule has 1 amide bonds. The van der Waals surface area contributed by atoms with E-state index in [-0.39, 0.29) is 18.1 Å². The highest BCUT2D eigenvalue weighted by molar-refractivity contribution is 5.75. The van der Waals surface area contributed by atoms with Crippen molar-refractivity contribution < 1.29 is 4.79 Å². The van der Waals surface area contributed by atoms with E-state index < -0.39 is 0 Å². The lowest BCUT2D eigenvalue weighted by Gasteiger charge is -2.11. The molecule has 0 fully saturated rings. The van der Waals surface area contributed by atoms with Gasteiger partial charge in [-0.1, -0.05) is 6.92 Å². The van der Waals surface area contributed by atoms with Crippen LogP contribution in [0.4, 0.5) is 0 Å². The van der Waals surface area contributed by atoms with E-state index in [1.807, 2.05) is 6.92 Å². The van der Waals surface area contributed by atoms with Crippen LogP contribution < -0.4 is 16.3 Å². The number of nitrogens with one attached hydrogen (secondary N) is 2. The molecule has 2 heterocycles. The Labute approximate surface area is 98.8 Å². The van der Waals surface area contributed by atoms with Gasteiger partial charge in [-0.3, -0.25) is 9.36 Å². The van der Waals surface area contributed by atoms with E-state index >= 15 is 0 Å². The summed E-state index contributed by atoms with van der Waals surface area (Å²) < 4.78 is 2.84. The molecule has 0 unspecified atom stereocenters. The molecule has 0 radical (unpaired) electrons. The second-order valence-electron chi connectivity index (χ2n) is 4.03. The molecule has 1 aliphatic rings. The SMILES string of the molecule is CCCNC(=O)Cn1nc2n(c1=O)CCNC2. The fourth-order valence-electron chi connectivity index (χ4n) is 1.79. The second kappa shape index (κ2) is 5.13. The van der Waals surface area contributed by atoms with Gasteiger partial charge in [0.1, 0.15) is 12.4 Å². The van der Waals surface area contributed by atoms with E-state index in [9.17, 15) is 9.59 Å². The number of rotatable bonds is 4. The van der Waals surface area contributed by atoms with Crippen molar-refractivity contribution in [2.75, 3.05) is 13.1 Å². The number of fused-ring (bicyclic) bond motifs is 1. The van der Waals surface area contributed by atoms with Gasteiger partial charge in [0.2, 0.25) is 5.91 Å². The minimum absolute atomic E-state index is 0.00116. The van der Waals surface area contributed by atoms with Gasteiger partial charge in [0.05, 0.1) is 6.54 Å². The van der Waals surface area contributed by atoms with Crippen LogP contribution in [0, 0.1) is 0 Å². The third-order valence-electron chi connectivity index (χ3n) is 2.66. The predicted molar refractivity (Wildman–Crippen MR) is 61.5 cm³/mol. The Bertz CT molecular complexity index is 462. The third-order valence-corrected chi connectivity index (χ3v) is 2.66. The Hall–Kier alpha value is -1.63. The molecule has 17 heavy (non-hydrogen) atoms. The quantitative estimate of drug-likeness (QED) is 0.682. The average Bonchev–Trinajstić information content (AvgIpc) is 2.64. The minimum Gasteiger partial charge on any atom is -0.355 e. The Morgan fingerprint density at radius 1 is 1.59 bits per heavy atom. The smallest absolute Gasteiger partial charge is 0.346 e. The van der Waals surface area contributed by atoms with Crippen molar-refractivity contribution in [2.24, 2.45) is 0 Å². The van der Waals surface area contributed by atoms with Gasteiger partial charge in [-0.05, 0) is 6.42 Å². The zero-order valence-corrected chi connectivity index (χ0v) is 9.90. The summed E-state index contributed by atoms with van der Waals surface area (Å²) in [5, 5.41) is 10.0. The van der Waals surface area contributed by atoms with Crippen molar-refractivity contribution in [3.63, 3.8) is 0 Å². The maximum atomic E-state index is 11.9. The van der Waals surface area contributed by atoms with Gasteiger partial charge < -0.3 is 10.6 Å². The summed E-state index contributed by atoms with van der Waals surface area (Å²) in [6.07, 6.45) is 0.879. The zero-order chi connectivity index (χ0) is 12.3. The summed E-state index contributed by atoms with van der Waals surface area (Å²) in [5.74, 6) is 0.530. The van der Waals surface area contributed by atoms with Crippen molar-refractivity contribution in [3.8, 4) is 0 Å². The number of amides is 1. The number of hydrogen-bond donors (Lipinski definition) is 2. The number of carbonyl (C=O) groups is 1. The van der Waals surface area contributed by atoms with Gasteiger partial charge in [-0.25, -0.2) is 9.48 Å². The molecule has 0 aliphatic carbocycles. The summed E-state index contributed by atoms with van der Waals surface area (Å²) in [6.45, 7) is 4.57. The van der Waals surface area contributed by atoms with Gasteiger partial charge in [-0.2, -0.15) is 5.10 Å². The summed E-state index contributed by atoms with van der Waals surface area (Å²) in [5.41, 5.74) is -0.201. The number of nitrogens with zero attached hydrogens (tertiary/aromatic N) is 3. The molecular weight excluding hydrogens is 222 g/mol.